The third kappa shape index (κ3) is 4.50. The quantitative estimate of drug-likeness (QED) is 0.245. The van der Waals surface area contributed by atoms with Crippen molar-refractivity contribution >= 4 is 40.7 Å². The Morgan fingerprint density at radius 2 is 1.97 bits per heavy atom. The van der Waals surface area contributed by atoms with Gasteiger partial charge < -0.3 is 35.3 Å². The number of amides is 2. The summed E-state index contributed by atoms with van der Waals surface area (Å²) in [5.41, 5.74) is 6.41. The number of carbonyl (C=O) groups is 2. The molecular formula is C25H35N7O6S. The van der Waals surface area contributed by atoms with Gasteiger partial charge in [0.25, 0.3) is 0 Å². The first-order valence-corrected chi connectivity index (χ1v) is 14.4. The number of nitrogens with two attached hydrogens (primary N) is 1. The van der Waals surface area contributed by atoms with Gasteiger partial charge in [-0.1, -0.05) is 6.42 Å². The van der Waals surface area contributed by atoms with Crippen LogP contribution in [0, 0.1) is 0 Å². The first-order chi connectivity index (χ1) is 18.5. The van der Waals surface area contributed by atoms with Crippen LogP contribution in [0.25, 0.3) is 11.2 Å². The van der Waals surface area contributed by atoms with Crippen molar-refractivity contribution in [3.05, 3.63) is 12.7 Å². The molecule has 4 aliphatic rings. The Morgan fingerprint density at radius 3 is 2.79 bits per heavy atom. The summed E-state index contributed by atoms with van der Waals surface area (Å²) >= 11 is 1.87. The summed E-state index contributed by atoms with van der Waals surface area (Å²) in [5.74, 6) is 0.0546. The summed E-state index contributed by atoms with van der Waals surface area (Å²) in [4.78, 5) is 37.2. The zero-order valence-electron chi connectivity index (χ0n) is 22.5. The van der Waals surface area contributed by atoms with Gasteiger partial charge in [-0.05, 0) is 40.5 Å². The minimum atomic E-state index is -0.816. The standard InChI is InChI=1S/C25H35N7O6S/c1-23(2)37-17-13(36-21(18(17)38-23)32-12-29-16-19(26)27-11-28-20(16)32)9-35-15(33)8-6-5-7-14-25(4)24(3,10-39-14)30-22(34)31-25/h11-14,17-18,21H,5-10H2,1-4H3,(H2,26,27,28)(H2,30,31,34)/t13-,14?,17-,18-,21?,24+,25-/m1/s1. The number of hydrogen-bond donors (Lipinski definition) is 3. The number of esters is 1. The number of nitrogen functional groups attached to an aromatic ring is 1. The fraction of sp³-hybridized carbons (Fsp3) is 0.720. The van der Waals surface area contributed by atoms with Crippen molar-refractivity contribution in [2.45, 2.75) is 100 Å². The highest BCUT2D eigenvalue weighted by atomic mass is 32.2. The SMILES string of the molecule is CC1(C)O[C@@H]2[C@@H](COC(=O)CCCCC3SC[C@]4(C)NC(=O)N[C@]34C)OC(n3cnc4c(N)ncnc43)[C@@H]2O1. The lowest BCUT2D eigenvalue weighted by molar-refractivity contribution is -0.202. The number of aromatic nitrogens is 4. The van der Waals surface area contributed by atoms with E-state index >= 15 is 0 Å². The normalized spacial score (nSPS) is 36.5. The van der Waals surface area contributed by atoms with Gasteiger partial charge in [-0.15, -0.1) is 0 Å². The Labute approximate surface area is 230 Å². The van der Waals surface area contributed by atoms with Crippen molar-refractivity contribution in [3.8, 4) is 0 Å². The summed E-state index contributed by atoms with van der Waals surface area (Å²) in [6.45, 7) is 7.93. The highest BCUT2D eigenvalue weighted by Gasteiger charge is 2.60. The summed E-state index contributed by atoms with van der Waals surface area (Å²) < 4.78 is 25.9. The second kappa shape index (κ2) is 9.46. The smallest absolute Gasteiger partial charge is 0.315 e. The second-order valence-corrected chi connectivity index (χ2v) is 12.7. The molecular weight excluding hydrogens is 526 g/mol. The van der Waals surface area contributed by atoms with Gasteiger partial charge in [0.15, 0.2) is 23.5 Å². The maximum absolute atomic E-state index is 12.6. The summed E-state index contributed by atoms with van der Waals surface area (Å²) in [7, 11) is 0. The highest BCUT2D eigenvalue weighted by molar-refractivity contribution is 8.00. The lowest BCUT2D eigenvalue weighted by Crippen LogP contribution is -2.58. The highest BCUT2D eigenvalue weighted by Crippen LogP contribution is 2.47. The Balaban J connectivity index is 1.03. The average molecular weight is 562 g/mol. The lowest BCUT2D eigenvalue weighted by atomic mass is 9.79. The molecule has 0 saturated carbocycles. The Kier molecular flexibility index (Phi) is 6.44. The van der Waals surface area contributed by atoms with E-state index in [2.05, 4.69) is 39.4 Å². The van der Waals surface area contributed by atoms with Crippen LogP contribution in [0.4, 0.5) is 10.6 Å². The van der Waals surface area contributed by atoms with Crippen molar-refractivity contribution in [2.24, 2.45) is 0 Å². The van der Waals surface area contributed by atoms with Crippen molar-refractivity contribution in [1.82, 2.24) is 30.2 Å². The van der Waals surface area contributed by atoms with E-state index in [-0.39, 0.29) is 35.5 Å². The first-order valence-electron chi connectivity index (χ1n) is 13.3. The van der Waals surface area contributed by atoms with Crippen molar-refractivity contribution in [1.29, 1.82) is 0 Å². The Bertz CT molecular complexity index is 1290. The lowest BCUT2D eigenvalue weighted by Gasteiger charge is -2.35. The zero-order valence-corrected chi connectivity index (χ0v) is 23.3. The van der Waals surface area contributed by atoms with Crippen LogP contribution in [-0.2, 0) is 23.7 Å². The van der Waals surface area contributed by atoms with Crippen LogP contribution in [0.2, 0.25) is 0 Å². The first kappa shape index (κ1) is 26.5. The van der Waals surface area contributed by atoms with Crippen LogP contribution in [0.15, 0.2) is 12.7 Å². The number of nitrogens with zero attached hydrogens (tertiary/aromatic N) is 4. The van der Waals surface area contributed by atoms with E-state index < -0.39 is 30.3 Å². The molecule has 4 fully saturated rings. The largest absolute Gasteiger partial charge is 0.463 e. The molecule has 4 N–H and O–H groups in total. The molecule has 2 aromatic rings. The number of urea groups is 1. The van der Waals surface area contributed by atoms with Crippen molar-refractivity contribution in [3.63, 3.8) is 0 Å². The number of ether oxygens (including phenoxy) is 4. The molecule has 0 radical (unpaired) electrons. The number of nitrogens with one attached hydrogen (secondary N) is 2. The van der Waals surface area contributed by atoms with Crippen molar-refractivity contribution in [2.75, 3.05) is 18.1 Å². The number of unbranched alkanes of at least 4 members (excludes halogenated alkanes) is 1. The van der Waals surface area contributed by atoms with Crippen molar-refractivity contribution < 1.29 is 28.5 Å². The number of thioether (sulfide) groups is 1. The van der Waals surface area contributed by atoms with Gasteiger partial charge in [-0.3, -0.25) is 9.36 Å². The number of carbonyl (C=O) groups excluding carboxylic acids is 2. The monoisotopic (exact) mass is 561 g/mol. The van der Waals surface area contributed by atoms with E-state index in [0.717, 1.165) is 18.6 Å². The molecule has 4 aliphatic heterocycles. The van der Waals surface area contributed by atoms with Gasteiger partial charge in [0.1, 0.15) is 36.8 Å². The Morgan fingerprint density at radius 1 is 1.18 bits per heavy atom. The fourth-order valence-electron chi connectivity index (χ4n) is 6.13. The van der Waals surface area contributed by atoms with E-state index in [1.807, 2.05) is 25.6 Å². The van der Waals surface area contributed by atoms with Crippen LogP contribution in [0.5, 0.6) is 0 Å². The molecule has 13 nitrogen and oxygen atoms in total. The molecule has 4 saturated heterocycles. The molecule has 14 heteroatoms. The van der Waals surface area contributed by atoms with E-state index in [1.165, 1.54) is 6.33 Å². The molecule has 0 bridgehead atoms. The molecule has 6 rings (SSSR count). The second-order valence-electron chi connectivity index (χ2n) is 11.6. The van der Waals surface area contributed by atoms with E-state index in [0.29, 0.717) is 29.3 Å². The molecule has 0 spiro atoms. The van der Waals surface area contributed by atoms with Crippen LogP contribution in [-0.4, -0.2) is 84.3 Å². The van der Waals surface area contributed by atoms with Gasteiger partial charge in [-0.2, -0.15) is 11.8 Å². The third-order valence-corrected chi connectivity index (χ3v) is 10.3. The van der Waals surface area contributed by atoms with E-state index in [4.69, 9.17) is 24.7 Å². The molecule has 2 unspecified atom stereocenters. The maximum atomic E-state index is 12.6. The van der Waals surface area contributed by atoms with Gasteiger partial charge in [0.05, 0.1) is 17.4 Å². The number of anilines is 1. The molecule has 0 aliphatic carbocycles. The number of imidazole rings is 1. The van der Waals surface area contributed by atoms with Crippen LogP contribution in [0.3, 0.4) is 0 Å². The minimum absolute atomic E-state index is 0.0479. The topological polar surface area (TPSA) is 165 Å². The van der Waals surface area contributed by atoms with Crippen LogP contribution in [0.1, 0.15) is 59.6 Å². The number of fused-ring (bicyclic) bond motifs is 3. The molecule has 2 amide bonds. The number of rotatable bonds is 8. The predicted octanol–water partition coefficient (Wildman–Crippen LogP) is 1.88. The van der Waals surface area contributed by atoms with Crippen LogP contribution < -0.4 is 16.4 Å². The minimum Gasteiger partial charge on any atom is -0.463 e. The number of hydrogen-bond acceptors (Lipinski definition) is 11. The van der Waals surface area contributed by atoms with Gasteiger partial charge >= 0.3 is 12.0 Å². The van der Waals surface area contributed by atoms with Gasteiger partial charge in [-0.25, -0.2) is 19.7 Å². The molecule has 6 heterocycles. The molecule has 2 aromatic heterocycles. The maximum Gasteiger partial charge on any atom is 0.315 e. The average Bonchev–Trinajstić information content (AvgIpc) is 3.61. The molecule has 212 valence electrons. The third-order valence-electron chi connectivity index (χ3n) is 8.42. The summed E-state index contributed by atoms with van der Waals surface area (Å²) in [6.07, 6.45) is 3.79. The Hall–Kier alpha value is -2.68. The van der Waals surface area contributed by atoms with E-state index in [1.54, 1.807) is 10.9 Å². The predicted molar refractivity (Wildman–Crippen MR) is 142 cm³/mol. The summed E-state index contributed by atoms with van der Waals surface area (Å²) in [5, 5.41) is 6.48. The summed E-state index contributed by atoms with van der Waals surface area (Å²) in [6, 6.07) is -0.105. The van der Waals surface area contributed by atoms with Gasteiger partial charge in [0.2, 0.25) is 0 Å². The zero-order chi connectivity index (χ0) is 27.6. The fourth-order valence-corrected chi connectivity index (χ4v) is 8.03. The van der Waals surface area contributed by atoms with Gasteiger partial charge in [0, 0.05) is 17.4 Å². The van der Waals surface area contributed by atoms with E-state index in [9.17, 15) is 9.59 Å². The molecule has 39 heavy (non-hydrogen) atoms. The molecule has 0 aromatic carbocycles. The molecule has 7 atom stereocenters. The van der Waals surface area contributed by atoms with Crippen LogP contribution >= 0.6 is 11.8 Å².